The van der Waals surface area contributed by atoms with Crippen molar-refractivity contribution in [2.45, 2.75) is 51.6 Å². The van der Waals surface area contributed by atoms with Crippen LogP contribution in [-0.4, -0.2) is 81.1 Å². The van der Waals surface area contributed by atoms with E-state index in [1.807, 2.05) is 76.1 Å². The van der Waals surface area contributed by atoms with Crippen molar-refractivity contribution in [3.63, 3.8) is 0 Å². The van der Waals surface area contributed by atoms with Gasteiger partial charge in [-0.25, -0.2) is 0 Å². The van der Waals surface area contributed by atoms with E-state index in [-0.39, 0.29) is 5.56 Å². The Morgan fingerprint density at radius 2 is 1.16 bits per heavy atom. The Hall–Kier alpha value is -4.37. The zero-order valence-electron chi connectivity index (χ0n) is 29.6. The summed E-state index contributed by atoms with van der Waals surface area (Å²) in [6.07, 6.45) is 7.68. The molecule has 0 atom stereocenters. The molecule has 0 aliphatic carbocycles. The lowest BCUT2D eigenvalue weighted by atomic mass is 10.2. The molecule has 0 spiro atoms. The normalized spacial score (nSPS) is 14.7. The van der Waals surface area contributed by atoms with E-state index >= 15 is 0 Å². The number of rotatable bonds is 12. The number of hydrogen-bond donors (Lipinski definition) is 1. The Bertz CT molecular complexity index is 1940. The van der Waals surface area contributed by atoms with Crippen molar-refractivity contribution in [3.8, 4) is 5.88 Å². The molecule has 4 aromatic carbocycles. The standard InChI is InChI=1S/C21H25N3O.C14H12N2O.C7H14ClN/c1-2-9-18(10-3-1)17-24-20-12-5-4-11-19(20)21(22-24)25-16-8-15-23-13-6-7-14-23;17-14-12-8-4-5-9-13(12)16(15-14)10-11-6-2-1-3-7-11;8-4-3-7-9-5-1-2-6-9/h1-5,9-12H,6-8,13-17H2;1-9H,10H2,(H,15,17);1-7H2. The third kappa shape index (κ3) is 10.6. The van der Waals surface area contributed by atoms with Crippen LogP contribution in [0.15, 0.2) is 114 Å². The van der Waals surface area contributed by atoms with Crippen LogP contribution >= 0.6 is 11.6 Å². The summed E-state index contributed by atoms with van der Waals surface area (Å²) < 4.78 is 9.96. The molecule has 2 aliphatic heterocycles. The lowest BCUT2D eigenvalue weighted by Gasteiger charge is -2.13. The van der Waals surface area contributed by atoms with Crippen LogP contribution in [0.5, 0.6) is 5.88 Å². The molecule has 51 heavy (non-hydrogen) atoms. The average molecular weight is 707 g/mol. The highest BCUT2D eigenvalue weighted by Gasteiger charge is 2.14. The van der Waals surface area contributed by atoms with Gasteiger partial charge >= 0.3 is 0 Å². The van der Waals surface area contributed by atoms with Gasteiger partial charge in [0.2, 0.25) is 5.88 Å². The van der Waals surface area contributed by atoms with Gasteiger partial charge in [-0.05, 0) is 107 Å². The largest absolute Gasteiger partial charge is 0.476 e. The third-order valence-corrected chi connectivity index (χ3v) is 9.79. The van der Waals surface area contributed by atoms with E-state index in [9.17, 15) is 4.79 Å². The Balaban J connectivity index is 0.000000148. The summed E-state index contributed by atoms with van der Waals surface area (Å²) in [6, 6.07) is 36.5. The first-order valence-corrected chi connectivity index (χ1v) is 19.1. The summed E-state index contributed by atoms with van der Waals surface area (Å²) in [5.41, 5.74) is 4.46. The number of likely N-dealkylation sites (tertiary alicyclic amines) is 2. The minimum atomic E-state index is -0.0310. The van der Waals surface area contributed by atoms with Gasteiger partial charge in [0, 0.05) is 12.4 Å². The van der Waals surface area contributed by atoms with E-state index in [2.05, 4.69) is 57.4 Å². The fourth-order valence-electron chi connectivity index (χ4n) is 6.87. The maximum Gasteiger partial charge on any atom is 0.271 e. The number of hydrogen-bond acceptors (Lipinski definition) is 5. The summed E-state index contributed by atoms with van der Waals surface area (Å²) in [4.78, 5) is 16.7. The molecule has 0 radical (unpaired) electrons. The molecule has 9 heteroatoms. The van der Waals surface area contributed by atoms with Crippen LogP contribution in [-0.2, 0) is 13.1 Å². The summed E-state index contributed by atoms with van der Waals surface area (Å²) in [7, 11) is 0. The van der Waals surface area contributed by atoms with Crippen molar-refractivity contribution in [2.24, 2.45) is 0 Å². The van der Waals surface area contributed by atoms with Crippen molar-refractivity contribution in [3.05, 3.63) is 131 Å². The molecule has 0 bridgehead atoms. The molecule has 0 amide bonds. The van der Waals surface area contributed by atoms with Crippen LogP contribution in [0, 0.1) is 0 Å². The highest BCUT2D eigenvalue weighted by molar-refractivity contribution is 6.17. The van der Waals surface area contributed by atoms with Crippen molar-refractivity contribution in [1.82, 2.24) is 29.4 Å². The predicted molar refractivity (Wildman–Crippen MR) is 210 cm³/mol. The number of para-hydroxylation sites is 2. The molecule has 0 unspecified atom stereocenters. The van der Waals surface area contributed by atoms with Crippen molar-refractivity contribution >= 4 is 33.4 Å². The number of ether oxygens (including phenoxy) is 1. The summed E-state index contributed by atoms with van der Waals surface area (Å²) in [5.74, 6) is 1.57. The van der Waals surface area contributed by atoms with Gasteiger partial charge in [-0.2, -0.15) is 0 Å². The van der Waals surface area contributed by atoms with Crippen LogP contribution in [0.25, 0.3) is 21.8 Å². The number of halogens is 1. The number of benzene rings is 4. The molecule has 8 rings (SSSR count). The van der Waals surface area contributed by atoms with Gasteiger partial charge in [-0.15, -0.1) is 16.7 Å². The lowest BCUT2D eigenvalue weighted by Crippen LogP contribution is -2.22. The number of H-pyrrole nitrogens is 1. The maximum absolute atomic E-state index is 11.7. The van der Waals surface area contributed by atoms with Crippen LogP contribution in [0.1, 0.15) is 49.7 Å². The Morgan fingerprint density at radius 1 is 0.627 bits per heavy atom. The van der Waals surface area contributed by atoms with Crippen LogP contribution in [0.3, 0.4) is 0 Å². The molecule has 2 aromatic heterocycles. The number of nitrogens with one attached hydrogen (secondary N) is 1. The van der Waals surface area contributed by atoms with Gasteiger partial charge in [0.1, 0.15) is 0 Å². The first-order chi connectivity index (χ1) is 25.2. The molecule has 2 saturated heterocycles. The fourth-order valence-corrected chi connectivity index (χ4v) is 6.99. The molecule has 2 aliphatic rings. The van der Waals surface area contributed by atoms with E-state index in [4.69, 9.17) is 21.4 Å². The van der Waals surface area contributed by atoms with E-state index in [0.717, 1.165) is 66.1 Å². The van der Waals surface area contributed by atoms with E-state index in [0.29, 0.717) is 6.54 Å². The number of alkyl halides is 1. The fraction of sp³-hybridized carbons (Fsp3) is 0.381. The summed E-state index contributed by atoms with van der Waals surface area (Å²) >= 11 is 5.55. The number of fused-ring (bicyclic) bond motifs is 2. The van der Waals surface area contributed by atoms with Crippen LogP contribution in [0.4, 0.5) is 0 Å². The Kier molecular flexibility index (Phi) is 13.8. The predicted octanol–water partition coefficient (Wildman–Crippen LogP) is 8.04. The van der Waals surface area contributed by atoms with Crippen molar-refractivity contribution < 1.29 is 4.74 Å². The second kappa shape index (κ2) is 19.3. The molecule has 2 fully saturated rings. The SMILES string of the molecule is ClCCCN1CCCC1.O=c1[nH]n(Cc2ccccc2)c2ccccc12.c1ccc(Cn2nc(OCCCN3CCCC3)c3ccccc32)cc1. The molecule has 4 heterocycles. The van der Waals surface area contributed by atoms with Crippen molar-refractivity contribution in [2.75, 3.05) is 51.8 Å². The number of nitrogens with zero attached hydrogens (tertiary/aromatic N) is 5. The highest BCUT2D eigenvalue weighted by atomic mass is 35.5. The highest BCUT2D eigenvalue weighted by Crippen LogP contribution is 2.25. The van der Waals surface area contributed by atoms with Gasteiger partial charge in [0.05, 0.1) is 41.5 Å². The van der Waals surface area contributed by atoms with Gasteiger partial charge in [0.15, 0.2) is 0 Å². The minimum Gasteiger partial charge on any atom is -0.476 e. The van der Waals surface area contributed by atoms with Crippen LogP contribution < -0.4 is 10.3 Å². The second-order valence-electron chi connectivity index (χ2n) is 13.3. The Labute approximate surface area is 306 Å². The zero-order chi connectivity index (χ0) is 35.1. The molecule has 6 aromatic rings. The molecular weight excluding hydrogens is 656 g/mol. The van der Waals surface area contributed by atoms with Gasteiger partial charge < -0.3 is 14.5 Å². The van der Waals surface area contributed by atoms with Crippen molar-refractivity contribution in [1.29, 1.82) is 0 Å². The maximum atomic E-state index is 11.7. The molecule has 8 nitrogen and oxygen atoms in total. The van der Waals surface area contributed by atoms with Gasteiger partial charge in [-0.1, -0.05) is 84.9 Å². The minimum absolute atomic E-state index is 0.0310. The molecule has 0 saturated carbocycles. The molecule has 1 N–H and O–H groups in total. The molecular formula is C42H51ClN6O2. The lowest BCUT2D eigenvalue weighted by molar-refractivity contribution is 0.257. The van der Waals surface area contributed by atoms with E-state index in [1.165, 1.54) is 69.5 Å². The van der Waals surface area contributed by atoms with E-state index in [1.54, 1.807) is 0 Å². The quantitative estimate of drug-likeness (QED) is 0.103. The average Bonchev–Trinajstić information content (AvgIpc) is 4.00. The zero-order valence-corrected chi connectivity index (χ0v) is 30.4. The number of aromatic amines is 1. The summed E-state index contributed by atoms with van der Waals surface area (Å²) in [6.45, 7) is 9.61. The molecule has 268 valence electrons. The first kappa shape index (κ1) is 36.4. The van der Waals surface area contributed by atoms with Gasteiger partial charge in [0.25, 0.3) is 5.56 Å². The smallest absolute Gasteiger partial charge is 0.271 e. The monoisotopic (exact) mass is 706 g/mol. The first-order valence-electron chi connectivity index (χ1n) is 18.5. The third-order valence-electron chi connectivity index (χ3n) is 9.52. The van der Waals surface area contributed by atoms with Crippen LogP contribution in [0.2, 0.25) is 0 Å². The van der Waals surface area contributed by atoms with Gasteiger partial charge in [-0.3, -0.25) is 19.3 Å². The topological polar surface area (TPSA) is 71.3 Å². The van der Waals surface area contributed by atoms with E-state index < -0.39 is 0 Å². The second-order valence-corrected chi connectivity index (χ2v) is 13.7. The summed E-state index contributed by atoms with van der Waals surface area (Å²) in [5, 5.41) is 9.43. The number of aromatic nitrogens is 4. The Morgan fingerprint density at radius 3 is 1.78 bits per heavy atom.